The molecule has 0 radical (unpaired) electrons. The summed E-state index contributed by atoms with van der Waals surface area (Å²) in [4.78, 5) is 2.82. The number of hydrogen-bond donors (Lipinski definition) is 1. The van der Waals surface area contributed by atoms with E-state index in [0.29, 0.717) is 0 Å². The lowest BCUT2D eigenvalue weighted by Crippen LogP contribution is -2.26. The third-order valence-electron chi connectivity index (χ3n) is 0.818. The van der Waals surface area contributed by atoms with Crippen LogP contribution in [-0.2, 0) is 0 Å². The van der Waals surface area contributed by atoms with Gasteiger partial charge in [-0.1, -0.05) is 0 Å². The number of rotatable bonds is 0. The summed E-state index contributed by atoms with van der Waals surface area (Å²) in [6, 6.07) is 0. The molecule has 0 saturated carbocycles. The normalized spacial score (nSPS) is 26.3. The second-order valence-electron chi connectivity index (χ2n) is 1.43. The van der Waals surface area contributed by atoms with E-state index < -0.39 is 18.1 Å². The maximum absolute atomic E-state index is 12.0. The molecule has 0 bridgehead atoms. The molecule has 0 aliphatic carbocycles. The van der Waals surface area contributed by atoms with Crippen molar-refractivity contribution in [3.05, 3.63) is 11.8 Å². The molecule has 1 aliphatic heterocycles. The Morgan fingerprint density at radius 1 is 1.56 bits per heavy atom. The summed E-state index contributed by atoms with van der Waals surface area (Å²) in [5, 5.41) is 1.83. The Morgan fingerprint density at radius 3 is 2.67 bits per heavy atom. The highest BCUT2D eigenvalue weighted by Crippen LogP contribution is 2.16. The Balaban J connectivity index is 2.83. The molecular formula is C4H3F3N2. The predicted octanol–water partition coefficient (Wildman–Crippen LogP) is 1.02. The number of alkyl halides is 1. The number of hydrogen-bond acceptors (Lipinski definition) is 2. The molecule has 0 fully saturated rings. The molecule has 2 nitrogen and oxygen atoms in total. The molecule has 1 rings (SSSR count). The average Bonchev–Trinajstić information content (AvgIpc) is 1.83. The maximum Gasteiger partial charge on any atom is 0.251 e. The van der Waals surface area contributed by atoms with Crippen molar-refractivity contribution in [2.45, 2.75) is 6.30 Å². The number of aliphatic imine (C=N–C) groups is 1. The van der Waals surface area contributed by atoms with Crippen molar-refractivity contribution in [3.63, 3.8) is 0 Å². The topological polar surface area (TPSA) is 24.4 Å². The van der Waals surface area contributed by atoms with Gasteiger partial charge in [0.25, 0.3) is 5.95 Å². The van der Waals surface area contributed by atoms with Crippen LogP contribution in [0.25, 0.3) is 0 Å². The van der Waals surface area contributed by atoms with Crippen molar-refractivity contribution in [3.8, 4) is 0 Å². The van der Waals surface area contributed by atoms with Crippen molar-refractivity contribution in [2.24, 2.45) is 4.99 Å². The molecule has 0 amide bonds. The van der Waals surface area contributed by atoms with Crippen LogP contribution in [0, 0.1) is 0 Å². The van der Waals surface area contributed by atoms with E-state index in [0.717, 1.165) is 6.34 Å². The monoisotopic (exact) mass is 136 g/mol. The second kappa shape index (κ2) is 2.08. The molecule has 1 unspecified atom stereocenters. The molecule has 0 aromatic carbocycles. The van der Waals surface area contributed by atoms with Crippen LogP contribution in [-0.4, -0.2) is 12.6 Å². The summed E-state index contributed by atoms with van der Waals surface area (Å²) in [5.41, 5.74) is 0. The van der Waals surface area contributed by atoms with Crippen LogP contribution in [0.3, 0.4) is 0 Å². The van der Waals surface area contributed by atoms with E-state index in [1.165, 1.54) is 0 Å². The minimum atomic E-state index is -2.08. The van der Waals surface area contributed by atoms with Gasteiger partial charge in [-0.15, -0.1) is 0 Å². The first-order chi connectivity index (χ1) is 4.22. The van der Waals surface area contributed by atoms with E-state index in [4.69, 9.17) is 0 Å². The largest absolute Gasteiger partial charge is 0.341 e. The lowest BCUT2D eigenvalue weighted by molar-refractivity contribution is 0.288. The Kier molecular flexibility index (Phi) is 1.42. The zero-order chi connectivity index (χ0) is 6.85. The first kappa shape index (κ1) is 6.12. The molecule has 1 aliphatic rings. The molecule has 50 valence electrons. The molecule has 5 heteroatoms. The first-order valence-corrected chi connectivity index (χ1v) is 2.19. The van der Waals surface area contributed by atoms with Crippen LogP contribution in [0.15, 0.2) is 16.8 Å². The second-order valence-corrected chi connectivity index (χ2v) is 1.43. The summed E-state index contributed by atoms with van der Waals surface area (Å²) in [5.74, 6) is -2.90. The van der Waals surface area contributed by atoms with E-state index >= 15 is 0 Å². The van der Waals surface area contributed by atoms with E-state index in [1.807, 2.05) is 5.32 Å². The quantitative estimate of drug-likeness (QED) is 0.494. The van der Waals surface area contributed by atoms with Crippen LogP contribution in [0.4, 0.5) is 13.2 Å². The SMILES string of the molecule is FC1=C(F)C(F)NC=N1. The Hall–Kier alpha value is -1.00. The van der Waals surface area contributed by atoms with Crippen LogP contribution in [0.1, 0.15) is 0 Å². The van der Waals surface area contributed by atoms with Crippen LogP contribution >= 0.6 is 0 Å². The number of halogens is 3. The van der Waals surface area contributed by atoms with Gasteiger partial charge in [-0.25, -0.2) is 13.8 Å². The Bertz CT molecular complexity index is 175. The Morgan fingerprint density at radius 2 is 2.22 bits per heavy atom. The summed E-state index contributed by atoms with van der Waals surface area (Å²) in [7, 11) is 0. The van der Waals surface area contributed by atoms with Crippen LogP contribution < -0.4 is 5.32 Å². The summed E-state index contributed by atoms with van der Waals surface area (Å²) in [6.45, 7) is 0. The fourth-order valence-electron chi connectivity index (χ4n) is 0.399. The van der Waals surface area contributed by atoms with Gasteiger partial charge in [0, 0.05) is 0 Å². The molecular weight excluding hydrogens is 133 g/mol. The van der Waals surface area contributed by atoms with Gasteiger partial charge in [0.1, 0.15) is 0 Å². The molecule has 1 heterocycles. The molecule has 9 heavy (non-hydrogen) atoms. The smallest absolute Gasteiger partial charge is 0.251 e. The van der Waals surface area contributed by atoms with Crippen molar-refractivity contribution in [1.29, 1.82) is 0 Å². The highest BCUT2D eigenvalue weighted by Gasteiger charge is 2.19. The lowest BCUT2D eigenvalue weighted by atomic mass is 10.5. The zero-order valence-corrected chi connectivity index (χ0v) is 4.24. The number of nitrogens with one attached hydrogen (secondary N) is 1. The average molecular weight is 136 g/mol. The fraction of sp³-hybridized carbons (Fsp3) is 0.250. The summed E-state index contributed by atoms with van der Waals surface area (Å²) >= 11 is 0. The summed E-state index contributed by atoms with van der Waals surface area (Å²) in [6.07, 6.45) is -1.31. The van der Waals surface area contributed by atoms with Gasteiger partial charge < -0.3 is 5.32 Å². The van der Waals surface area contributed by atoms with E-state index in [2.05, 4.69) is 4.99 Å². The lowest BCUT2D eigenvalue weighted by Gasteiger charge is -2.08. The summed E-state index contributed by atoms with van der Waals surface area (Å²) < 4.78 is 35.7. The van der Waals surface area contributed by atoms with Gasteiger partial charge in [-0.05, 0) is 0 Å². The molecule has 0 saturated heterocycles. The van der Waals surface area contributed by atoms with Crippen molar-refractivity contribution in [1.82, 2.24) is 5.32 Å². The minimum Gasteiger partial charge on any atom is -0.341 e. The maximum atomic E-state index is 12.0. The van der Waals surface area contributed by atoms with Crippen LogP contribution in [0.2, 0.25) is 0 Å². The standard InChI is InChI=1S/C4H3F3N2/c5-2-3(6)8-1-9-4(2)7/h1,3H,(H,8,9). The third kappa shape index (κ3) is 1.04. The first-order valence-electron chi connectivity index (χ1n) is 2.19. The molecule has 0 aromatic rings. The highest BCUT2D eigenvalue weighted by molar-refractivity contribution is 5.58. The van der Waals surface area contributed by atoms with Crippen molar-refractivity contribution >= 4 is 6.34 Å². The van der Waals surface area contributed by atoms with E-state index in [9.17, 15) is 13.2 Å². The molecule has 0 aromatic heterocycles. The fourth-order valence-corrected chi connectivity index (χ4v) is 0.399. The van der Waals surface area contributed by atoms with Crippen molar-refractivity contribution in [2.75, 3.05) is 0 Å². The predicted molar refractivity (Wildman–Crippen MR) is 25.8 cm³/mol. The van der Waals surface area contributed by atoms with Gasteiger partial charge in [-0.2, -0.15) is 4.39 Å². The number of nitrogens with zero attached hydrogens (tertiary/aromatic N) is 1. The molecule has 1 atom stereocenters. The van der Waals surface area contributed by atoms with E-state index in [1.54, 1.807) is 0 Å². The van der Waals surface area contributed by atoms with Crippen molar-refractivity contribution < 1.29 is 13.2 Å². The van der Waals surface area contributed by atoms with Gasteiger partial charge in [0.2, 0.25) is 12.1 Å². The van der Waals surface area contributed by atoms with Gasteiger partial charge >= 0.3 is 0 Å². The van der Waals surface area contributed by atoms with E-state index in [-0.39, 0.29) is 0 Å². The van der Waals surface area contributed by atoms with Crippen LogP contribution in [0.5, 0.6) is 0 Å². The minimum absolute atomic E-state index is 0.767. The third-order valence-corrected chi connectivity index (χ3v) is 0.818. The van der Waals surface area contributed by atoms with Gasteiger partial charge in [0.15, 0.2) is 0 Å². The Labute approximate surface area is 49.1 Å². The van der Waals surface area contributed by atoms with Gasteiger partial charge in [0.05, 0.1) is 6.34 Å². The molecule has 0 spiro atoms. The van der Waals surface area contributed by atoms with Gasteiger partial charge in [-0.3, -0.25) is 0 Å². The highest BCUT2D eigenvalue weighted by atomic mass is 19.2. The molecule has 1 N–H and O–H groups in total. The zero-order valence-electron chi connectivity index (χ0n) is 4.24.